The molecular weight excluding hydrogens is 280 g/mol. The Bertz CT molecular complexity index is 637. The van der Waals surface area contributed by atoms with Crippen LogP contribution in [0.2, 0.25) is 0 Å². The van der Waals surface area contributed by atoms with Crippen molar-refractivity contribution < 1.29 is 9.21 Å². The van der Waals surface area contributed by atoms with Crippen molar-refractivity contribution in [1.82, 2.24) is 20.2 Å². The predicted octanol–water partition coefficient (Wildman–Crippen LogP) is 2.81. The zero-order valence-corrected chi connectivity index (χ0v) is 12.8. The summed E-state index contributed by atoms with van der Waals surface area (Å²) in [5, 5.41) is 2.95. The molecule has 0 spiro atoms. The van der Waals surface area contributed by atoms with Crippen LogP contribution in [0, 0.1) is 6.92 Å². The van der Waals surface area contributed by atoms with Crippen molar-refractivity contribution in [1.29, 1.82) is 0 Å². The van der Waals surface area contributed by atoms with Crippen molar-refractivity contribution in [3.8, 4) is 0 Å². The first-order chi connectivity index (χ1) is 10.6. The van der Waals surface area contributed by atoms with Crippen molar-refractivity contribution in [2.75, 3.05) is 0 Å². The second kappa shape index (κ2) is 6.17. The van der Waals surface area contributed by atoms with E-state index in [4.69, 9.17) is 4.42 Å². The Labute approximate surface area is 129 Å². The Morgan fingerprint density at radius 2 is 2.32 bits per heavy atom. The number of amides is 2. The summed E-state index contributed by atoms with van der Waals surface area (Å²) in [6.07, 6.45) is 5.43. The minimum Gasteiger partial charge on any atom is -0.467 e. The summed E-state index contributed by atoms with van der Waals surface area (Å²) in [5.41, 5.74) is 0.808. The van der Waals surface area contributed by atoms with Gasteiger partial charge in [-0.15, -0.1) is 0 Å². The molecule has 1 aliphatic rings. The molecule has 1 saturated carbocycles. The van der Waals surface area contributed by atoms with Crippen LogP contribution in [0.5, 0.6) is 0 Å². The average molecular weight is 300 g/mol. The fraction of sp³-hybridized carbons (Fsp3) is 0.438. The number of aryl methyl sites for hydroxylation is 1. The number of rotatable bonds is 5. The maximum Gasteiger partial charge on any atom is 0.318 e. The maximum atomic E-state index is 12.5. The predicted molar refractivity (Wildman–Crippen MR) is 81.0 cm³/mol. The SMILES string of the molecule is Cc1nccc(CNC(=O)N(C2CC2)C(C)c2ccco2)n1. The highest BCUT2D eigenvalue weighted by Gasteiger charge is 2.37. The molecule has 2 heterocycles. The quantitative estimate of drug-likeness (QED) is 0.921. The highest BCUT2D eigenvalue weighted by molar-refractivity contribution is 5.75. The number of aromatic nitrogens is 2. The van der Waals surface area contributed by atoms with Gasteiger partial charge in [0.1, 0.15) is 11.6 Å². The number of hydrogen-bond acceptors (Lipinski definition) is 4. The van der Waals surface area contributed by atoms with E-state index < -0.39 is 0 Å². The van der Waals surface area contributed by atoms with Crippen molar-refractivity contribution >= 4 is 6.03 Å². The fourth-order valence-corrected chi connectivity index (χ4v) is 2.54. The molecule has 0 radical (unpaired) electrons. The summed E-state index contributed by atoms with van der Waals surface area (Å²) < 4.78 is 5.44. The second-order valence-corrected chi connectivity index (χ2v) is 5.58. The summed E-state index contributed by atoms with van der Waals surface area (Å²) in [6, 6.07) is 5.70. The van der Waals surface area contributed by atoms with Gasteiger partial charge >= 0.3 is 6.03 Å². The normalized spacial score (nSPS) is 15.4. The van der Waals surface area contributed by atoms with Crippen LogP contribution in [0.1, 0.15) is 43.1 Å². The Morgan fingerprint density at radius 3 is 2.95 bits per heavy atom. The largest absolute Gasteiger partial charge is 0.467 e. The molecule has 2 aromatic rings. The lowest BCUT2D eigenvalue weighted by atomic mass is 10.2. The highest BCUT2D eigenvalue weighted by atomic mass is 16.3. The first-order valence-electron chi connectivity index (χ1n) is 7.53. The molecule has 116 valence electrons. The van der Waals surface area contributed by atoms with Crippen LogP contribution in [0.25, 0.3) is 0 Å². The van der Waals surface area contributed by atoms with Gasteiger partial charge in [0.15, 0.2) is 0 Å². The van der Waals surface area contributed by atoms with Crippen LogP contribution < -0.4 is 5.32 Å². The molecule has 0 aromatic carbocycles. The molecule has 1 fully saturated rings. The molecular formula is C16H20N4O2. The van der Waals surface area contributed by atoms with E-state index in [1.165, 1.54) is 0 Å². The summed E-state index contributed by atoms with van der Waals surface area (Å²) in [7, 11) is 0. The number of nitrogens with one attached hydrogen (secondary N) is 1. The molecule has 1 atom stereocenters. The summed E-state index contributed by atoms with van der Waals surface area (Å²) in [5.74, 6) is 1.51. The van der Waals surface area contributed by atoms with E-state index in [2.05, 4.69) is 15.3 Å². The number of hydrogen-bond donors (Lipinski definition) is 1. The molecule has 0 bridgehead atoms. The van der Waals surface area contributed by atoms with E-state index in [-0.39, 0.29) is 12.1 Å². The smallest absolute Gasteiger partial charge is 0.318 e. The van der Waals surface area contributed by atoms with E-state index >= 15 is 0 Å². The van der Waals surface area contributed by atoms with Gasteiger partial charge in [-0.2, -0.15) is 0 Å². The van der Waals surface area contributed by atoms with E-state index in [1.54, 1.807) is 12.5 Å². The number of carbonyl (C=O) groups excluding carboxylic acids is 1. The summed E-state index contributed by atoms with van der Waals surface area (Å²) in [6.45, 7) is 4.22. The van der Waals surface area contributed by atoms with Crippen LogP contribution in [0.15, 0.2) is 35.1 Å². The first kappa shape index (κ1) is 14.6. The molecule has 0 aliphatic heterocycles. The number of nitrogens with zero attached hydrogens (tertiary/aromatic N) is 3. The summed E-state index contributed by atoms with van der Waals surface area (Å²) >= 11 is 0. The van der Waals surface area contributed by atoms with Gasteiger partial charge in [-0.25, -0.2) is 14.8 Å². The Hall–Kier alpha value is -2.37. The number of carbonyl (C=O) groups is 1. The monoisotopic (exact) mass is 300 g/mol. The number of urea groups is 1. The standard InChI is InChI=1S/C16H20N4O2/c1-11(15-4-3-9-22-15)20(14-5-6-14)16(21)18-10-13-7-8-17-12(2)19-13/h3-4,7-9,11,14H,5-6,10H2,1-2H3,(H,18,21). The summed E-state index contributed by atoms with van der Waals surface area (Å²) in [4.78, 5) is 22.8. The van der Waals surface area contributed by atoms with Gasteiger partial charge in [0, 0.05) is 12.2 Å². The van der Waals surface area contributed by atoms with Crippen LogP contribution in [0.3, 0.4) is 0 Å². The van der Waals surface area contributed by atoms with Gasteiger partial charge in [0.05, 0.1) is 24.5 Å². The first-order valence-corrected chi connectivity index (χ1v) is 7.53. The van der Waals surface area contributed by atoms with Gasteiger partial charge in [-0.05, 0) is 44.9 Å². The molecule has 22 heavy (non-hydrogen) atoms. The third-order valence-corrected chi connectivity index (χ3v) is 3.80. The minimum atomic E-state index is -0.0809. The van der Waals surface area contributed by atoms with Gasteiger partial charge < -0.3 is 14.6 Å². The van der Waals surface area contributed by atoms with Gasteiger partial charge in [0.25, 0.3) is 0 Å². The third-order valence-electron chi connectivity index (χ3n) is 3.80. The molecule has 2 amide bonds. The Kier molecular flexibility index (Phi) is 4.09. The lowest BCUT2D eigenvalue weighted by molar-refractivity contribution is 0.166. The minimum absolute atomic E-state index is 0.0744. The molecule has 3 rings (SSSR count). The Balaban J connectivity index is 1.65. The Morgan fingerprint density at radius 1 is 1.50 bits per heavy atom. The maximum absolute atomic E-state index is 12.5. The van der Waals surface area contributed by atoms with Crippen LogP contribution in [-0.4, -0.2) is 26.9 Å². The molecule has 1 N–H and O–H groups in total. The zero-order chi connectivity index (χ0) is 15.5. The molecule has 0 saturated heterocycles. The van der Waals surface area contributed by atoms with E-state index in [9.17, 15) is 4.79 Å². The highest BCUT2D eigenvalue weighted by Crippen LogP contribution is 2.34. The van der Waals surface area contributed by atoms with E-state index in [0.717, 1.165) is 24.3 Å². The van der Waals surface area contributed by atoms with Gasteiger partial charge in [-0.1, -0.05) is 0 Å². The van der Waals surface area contributed by atoms with E-state index in [0.29, 0.717) is 18.4 Å². The van der Waals surface area contributed by atoms with Crippen molar-refractivity contribution in [2.45, 2.75) is 45.3 Å². The third kappa shape index (κ3) is 3.27. The molecule has 1 aliphatic carbocycles. The lowest BCUT2D eigenvalue weighted by Gasteiger charge is -2.28. The van der Waals surface area contributed by atoms with Crippen molar-refractivity contribution in [3.05, 3.63) is 47.9 Å². The molecule has 1 unspecified atom stereocenters. The fourth-order valence-electron chi connectivity index (χ4n) is 2.54. The van der Waals surface area contributed by atoms with Crippen LogP contribution in [0.4, 0.5) is 4.79 Å². The molecule has 6 heteroatoms. The zero-order valence-electron chi connectivity index (χ0n) is 12.8. The van der Waals surface area contributed by atoms with E-state index in [1.807, 2.05) is 36.9 Å². The van der Waals surface area contributed by atoms with Crippen molar-refractivity contribution in [3.63, 3.8) is 0 Å². The van der Waals surface area contributed by atoms with Gasteiger partial charge in [0.2, 0.25) is 0 Å². The average Bonchev–Trinajstić information content (AvgIpc) is 3.17. The lowest BCUT2D eigenvalue weighted by Crippen LogP contribution is -2.42. The van der Waals surface area contributed by atoms with Gasteiger partial charge in [-0.3, -0.25) is 0 Å². The topological polar surface area (TPSA) is 71.3 Å². The second-order valence-electron chi connectivity index (χ2n) is 5.58. The van der Waals surface area contributed by atoms with Crippen LogP contribution >= 0.6 is 0 Å². The van der Waals surface area contributed by atoms with Crippen LogP contribution in [-0.2, 0) is 6.54 Å². The number of furan rings is 1. The molecule has 6 nitrogen and oxygen atoms in total. The van der Waals surface area contributed by atoms with Crippen molar-refractivity contribution in [2.24, 2.45) is 0 Å². The molecule has 2 aromatic heterocycles.